The van der Waals surface area contributed by atoms with Gasteiger partial charge in [-0.15, -0.1) is 0 Å². The third-order valence-electron chi connectivity index (χ3n) is 4.14. The van der Waals surface area contributed by atoms with E-state index in [4.69, 9.17) is 5.73 Å². The lowest BCUT2D eigenvalue weighted by Crippen LogP contribution is -2.07. The summed E-state index contributed by atoms with van der Waals surface area (Å²) in [5.41, 5.74) is 5.25. The van der Waals surface area contributed by atoms with Crippen LogP contribution in [-0.2, 0) is 0 Å². The number of rotatable bonds is 17. The van der Waals surface area contributed by atoms with Gasteiger partial charge in [0.15, 0.2) is 0 Å². The van der Waals surface area contributed by atoms with E-state index in [2.05, 4.69) is 12.2 Å². The van der Waals surface area contributed by atoms with Crippen LogP contribution in [0.2, 0.25) is 0 Å². The van der Waals surface area contributed by atoms with Crippen molar-refractivity contribution in [1.29, 1.82) is 0 Å². The molecule has 0 spiro atoms. The van der Waals surface area contributed by atoms with E-state index >= 15 is 0 Å². The predicted molar refractivity (Wildman–Crippen MR) is 96.3 cm³/mol. The first-order chi connectivity index (χ1) is 10.4. The minimum absolute atomic E-state index is 1.06. The summed E-state index contributed by atoms with van der Waals surface area (Å²) < 4.78 is 0. The molecule has 21 heavy (non-hydrogen) atoms. The van der Waals surface area contributed by atoms with E-state index in [9.17, 15) is 0 Å². The Labute approximate surface area is 134 Å². The van der Waals surface area contributed by atoms with Crippen LogP contribution in [0.3, 0.4) is 0 Å². The maximum Gasteiger partial charge on any atom is 0.0141 e. The smallest absolute Gasteiger partial charge is 0.0141 e. The van der Waals surface area contributed by atoms with Gasteiger partial charge in [0, 0.05) is 18.9 Å². The first kappa shape index (κ1) is 20.3. The fourth-order valence-electron chi connectivity index (χ4n) is 2.75. The molecule has 0 aliphatic heterocycles. The van der Waals surface area contributed by atoms with Gasteiger partial charge in [0.1, 0.15) is 0 Å². The zero-order valence-corrected chi connectivity index (χ0v) is 14.5. The molecule has 0 atom stereocenters. The highest BCUT2D eigenvalue weighted by atomic mass is 14.8. The minimum Gasteiger partial charge on any atom is -0.403 e. The predicted octanol–water partition coefficient (Wildman–Crippen LogP) is 5.88. The lowest BCUT2D eigenvalue weighted by molar-refractivity contribution is 0.531. The summed E-state index contributed by atoms with van der Waals surface area (Å²) in [7, 11) is 0. The molecule has 0 fully saturated rings. The van der Waals surface area contributed by atoms with Crippen LogP contribution < -0.4 is 11.1 Å². The van der Waals surface area contributed by atoms with Crippen LogP contribution >= 0.6 is 0 Å². The van der Waals surface area contributed by atoms with Gasteiger partial charge in [0.05, 0.1) is 0 Å². The average Bonchev–Trinajstić information content (AvgIpc) is 2.50. The zero-order chi connectivity index (χ0) is 15.4. The highest BCUT2D eigenvalue weighted by molar-refractivity contribution is 4.71. The van der Waals surface area contributed by atoms with Crippen LogP contribution in [-0.4, -0.2) is 6.54 Å². The van der Waals surface area contributed by atoms with Crippen molar-refractivity contribution in [1.82, 2.24) is 5.32 Å². The van der Waals surface area contributed by atoms with Crippen molar-refractivity contribution in [3.8, 4) is 0 Å². The van der Waals surface area contributed by atoms with E-state index in [0.717, 1.165) is 6.54 Å². The number of unbranched alkanes of at least 4 members (excludes halogenated alkanes) is 14. The molecule has 2 nitrogen and oxygen atoms in total. The lowest BCUT2D eigenvalue weighted by Gasteiger charge is -2.03. The maximum atomic E-state index is 5.25. The van der Waals surface area contributed by atoms with Gasteiger partial charge in [-0.05, 0) is 6.42 Å². The van der Waals surface area contributed by atoms with Gasteiger partial charge in [-0.3, -0.25) is 0 Å². The van der Waals surface area contributed by atoms with E-state index in [0.29, 0.717) is 0 Å². The van der Waals surface area contributed by atoms with Gasteiger partial charge >= 0.3 is 0 Å². The number of hydrogen-bond donors (Lipinski definition) is 2. The number of hydrogen-bond acceptors (Lipinski definition) is 2. The molecule has 0 amide bonds. The van der Waals surface area contributed by atoms with E-state index < -0.39 is 0 Å². The first-order valence-corrected chi connectivity index (χ1v) is 9.52. The van der Waals surface area contributed by atoms with Crippen LogP contribution in [0.15, 0.2) is 12.4 Å². The van der Waals surface area contributed by atoms with Gasteiger partial charge in [-0.2, -0.15) is 0 Å². The van der Waals surface area contributed by atoms with Gasteiger partial charge in [0.25, 0.3) is 0 Å². The second-order valence-electron chi connectivity index (χ2n) is 6.26. The molecule has 126 valence electrons. The van der Waals surface area contributed by atoms with Gasteiger partial charge in [-0.25, -0.2) is 0 Å². The normalized spacial score (nSPS) is 11.3. The summed E-state index contributed by atoms with van der Waals surface area (Å²) in [6, 6.07) is 0. The Morgan fingerprint density at radius 3 is 1.38 bits per heavy atom. The molecule has 0 rings (SSSR count). The monoisotopic (exact) mass is 296 g/mol. The van der Waals surface area contributed by atoms with Crippen molar-refractivity contribution in [3.05, 3.63) is 12.4 Å². The van der Waals surface area contributed by atoms with Crippen molar-refractivity contribution in [2.24, 2.45) is 5.73 Å². The Morgan fingerprint density at radius 2 is 1.00 bits per heavy atom. The van der Waals surface area contributed by atoms with Crippen molar-refractivity contribution in [3.63, 3.8) is 0 Å². The van der Waals surface area contributed by atoms with E-state index in [1.165, 1.54) is 96.3 Å². The van der Waals surface area contributed by atoms with Crippen LogP contribution in [0, 0.1) is 0 Å². The Bertz CT molecular complexity index is 202. The molecule has 0 radical (unpaired) electrons. The molecule has 0 unspecified atom stereocenters. The van der Waals surface area contributed by atoms with Gasteiger partial charge in [-0.1, -0.05) is 96.8 Å². The summed E-state index contributed by atoms with van der Waals surface area (Å²) in [5, 5.41) is 3.18. The molecule has 0 aliphatic rings. The van der Waals surface area contributed by atoms with Crippen LogP contribution in [0.4, 0.5) is 0 Å². The third kappa shape index (κ3) is 19.3. The molecule has 0 saturated carbocycles. The molecular formula is C19H40N2. The summed E-state index contributed by atoms with van der Waals surface area (Å²) in [6.45, 7) is 3.35. The molecule has 0 aliphatic carbocycles. The summed E-state index contributed by atoms with van der Waals surface area (Å²) in [5.74, 6) is 0. The maximum absolute atomic E-state index is 5.25. The van der Waals surface area contributed by atoms with Gasteiger partial charge in [0.2, 0.25) is 0 Å². The summed E-state index contributed by atoms with van der Waals surface area (Å²) in [6.07, 6.45) is 24.7. The van der Waals surface area contributed by atoms with Gasteiger partial charge < -0.3 is 11.1 Å². The molecule has 0 aromatic carbocycles. The molecule has 3 N–H and O–H groups in total. The fraction of sp³-hybridized carbons (Fsp3) is 0.895. The highest BCUT2D eigenvalue weighted by Crippen LogP contribution is 2.13. The molecule has 0 heterocycles. The van der Waals surface area contributed by atoms with E-state index in [1.807, 2.05) is 6.20 Å². The standard InChI is InChI=1S/C19H40N2/c1-2-3-4-5-6-7-8-9-10-11-12-13-14-15-16-18-21-19-17-20/h17,19,21H,2-16,18,20H2,1H3/b19-17+. The number of nitrogens with one attached hydrogen (secondary N) is 1. The lowest BCUT2D eigenvalue weighted by atomic mass is 10.0. The largest absolute Gasteiger partial charge is 0.403 e. The Kier molecular flexibility index (Phi) is 18.7. The van der Waals surface area contributed by atoms with E-state index in [1.54, 1.807) is 6.20 Å². The van der Waals surface area contributed by atoms with Crippen LogP contribution in [0.5, 0.6) is 0 Å². The molecule has 2 heteroatoms. The first-order valence-electron chi connectivity index (χ1n) is 9.52. The van der Waals surface area contributed by atoms with E-state index in [-0.39, 0.29) is 0 Å². The average molecular weight is 297 g/mol. The quantitative estimate of drug-likeness (QED) is 0.329. The van der Waals surface area contributed by atoms with Crippen molar-refractivity contribution >= 4 is 0 Å². The minimum atomic E-state index is 1.06. The molecule has 0 aromatic rings. The van der Waals surface area contributed by atoms with Crippen molar-refractivity contribution in [2.45, 2.75) is 103 Å². The second-order valence-corrected chi connectivity index (χ2v) is 6.26. The molecule has 0 saturated heterocycles. The Balaban J connectivity index is 2.93. The van der Waals surface area contributed by atoms with Crippen molar-refractivity contribution < 1.29 is 0 Å². The zero-order valence-electron chi connectivity index (χ0n) is 14.5. The highest BCUT2D eigenvalue weighted by Gasteiger charge is 1.94. The Hall–Kier alpha value is -0.660. The summed E-state index contributed by atoms with van der Waals surface area (Å²) >= 11 is 0. The molecular weight excluding hydrogens is 256 g/mol. The molecule has 0 aromatic heterocycles. The topological polar surface area (TPSA) is 38.0 Å². The SMILES string of the molecule is CCCCCCCCCCCCCCCCCN/C=C/N. The molecule has 0 bridgehead atoms. The second kappa shape index (κ2) is 19.3. The number of nitrogens with two attached hydrogens (primary N) is 1. The third-order valence-corrected chi connectivity index (χ3v) is 4.14. The summed E-state index contributed by atoms with van der Waals surface area (Å²) in [4.78, 5) is 0. The van der Waals surface area contributed by atoms with Crippen molar-refractivity contribution in [2.75, 3.05) is 6.54 Å². The van der Waals surface area contributed by atoms with Crippen LogP contribution in [0.25, 0.3) is 0 Å². The fourth-order valence-corrected chi connectivity index (χ4v) is 2.75. The van der Waals surface area contributed by atoms with Crippen LogP contribution in [0.1, 0.15) is 103 Å². The Morgan fingerprint density at radius 1 is 0.619 bits per heavy atom.